The molecule has 0 spiro atoms. The first-order valence-corrected chi connectivity index (χ1v) is 29.9. The van der Waals surface area contributed by atoms with Gasteiger partial charge in [-0.05, 0) is 0 Å². The molecule has 0 N–H and O–H groups in total. The third kappa shape index (κ3) is 2.76. The SMILES string of the molecule is C[CH]=[Hf]([CH3])([CH3])([CH3])([CH3])([C]1=CC=CC1)[CH]1c2ccccc2-c2ccccc21.Cl.Cl. The molecule has 0 fully saturated rings. The van der Waals surface area contributed by atoms with E-state index in [9.17, 15) is 0 Å². The third-order valence-electron chi connectivity index (χ3n) is 8.19. The number of hydrogen-bond donors (Lipinski definition) is 0. The van der Waals surface area contributed by atoms with Crippen LogP contribution in [0.5, 0.6) is 0 Å². The summed E-state index contributed by atoms with van der Waals surface area (Å²) in [5.41, 5.74) is 5.91. The minimum atomic E-state index is -4.57. The van der Waals surface area contributed by atoms with Crippen LogP contribution in [0.4, 0.5) is 0 Å². The van der Waals surface area contributed by atoms with E-state index < -0.39 is 15.1 Å². The number of halogens is 2. The first-order chi connectivity index (χ1) is 11.5. The first kappa shape index (κ1) is 22.5. The molecule has 2 aliphatic rings. The average Bonchev–Trinajstić information content (AvgIpc) is 3.23. The summed E-state index contributed by atoms with van der Waals surface area (Å²) in [5.74, 6) is 0. The van der Waals surface area contributed by atoms with Gasteiger partial charge in [0, 0.05) is 0 Å². The van der Waals surface area contributed by atoms with Crippen LogP contribution in [-0.2, 0) is 15.1 Å². The largest absolute Gasteiger partial charge is 0.147 e. The number of allylic oxidation sites excluding steroid dienone is 4. The van der Waals surface area contributed by atoms with Crippen LogP contribution in [0, 0.1) is 0 Å². The fourth-order valence-corrected chi connectivity index (χ4v) is 30.3. The zero-order valence-electron chi connectivity index (χ0n) is 17.0. The Hall–Kier alpha value is -0.760. The van der Waals surface area contributed by atoms with Crippen molar-refractivity contribution < 1.29 is 15.1 Å². The summed E-state index contributed by atoms with van der Waals surface area (Å²) in [4.78, 5) is 0. The van der Waals surface area contributed by atoms with Gasteiger partial charge in [0.15, 0.2) is 0 Å². The van der Waals surface area contributed by atoms with Crippen LogP contribution in [0.15, 0.2) is 70.1 Å². The summed E-state index contributed by atoms with van der Waals surface area (Å²) in [6, 6.07) is 18.2. The minimum Gasteiger partial charge on any atom is -0.147 e. The second-order valence-corrected chi connectivity index (χ2v) is 67.0. The molecule has 0 radical (unpaired) electrons. The molecule has 0 amide bonds. The van der Waals surface area contributed by atoms with Crippen LogP contribution >= 0.6 is 24.8 Å². The van der Waals surface area contributed by atoms with E-state index in [0.29, 0.717) is 3.67 Å². The minimum absolute atomic E-state index is 0. The van der Waals surface area contributed by atoms with E-state index in [4.69, 9.17) is 0 Å². The van der Waals surface area contributed by atoms with E-state index in [0.717, 1.165) is 6.42 Å². The molecule has 0 bridgehead atoms. The summed E-state index contributed by atoms with van der Waals surface area (Å²) in [7, 11) is 0. The zero-order chi connectivity index (χ0) is 18.0. The number of fused-ring (bicyclic) bond motifs is 3. The van der Waals surface area contributed by atoms with E-state index in [-0.39, 0.29) is 24.8 Å². The van der Waals surface area contributed by atoms with Crippen LogP contribution < -0.4 is 0 Å². The normalized spacial score (nSPS) is 19.1. The standard InChI is InChI=1S/C13H9.C5H5.C2H4.4CH3.2ClH.Hf/c1-3-7-12-10(5-1)9-11-6-2-4-8-13(11)12;1-2-4-5-3-1;1-2;;;;;;;/h1-9H;1-3H,4H2;1H,2H3;4*1H3;2*1H;. The molecule has 27 heavy (non-hydrogen) atoms. The van der Waals surface area contributed by atoms with Gasteiger partial charge in [0.05, 0.1) is 0 Å². The van der Waals surface area contributed by atoms with Crippen molar-refractivity contribution in [3.63, 3.8) is 0 Å². The van der Waals surface area contributed by atoms with E-state index in [1.165, 1.54) is 22.3 Å². The van der Waals surface area contributed by atoms with E-state index >= 15 is 0 Å². The zero-order valence-corrected chi connectivity index (χ0v) is 22.3. The molecule has 0 saturated carbocycles. The van der Waals surface area contributed by atoms with E-state index in [2.05, 4.69) is 96.2 Å². The Morgan fingerprint density at radius 1 is 0.815 bits per heavy atom. The maximum absolute atomic E-state index is 4.57. The molecular formula is C24H32Cl2Hf. The molecule has 0 heterocycles. The van der Waals surface area contributed by atoms with Crippen LogP contribution in [-0.4, -0.2) is 3.76 Å². The molecular weight excluding hydrogens is 538 g/mol. The number of hydrogen-bond acceptors (Lipinski definition) is 0. The molecule has 0 aromatic heterocycles. The third-order valence-corrected chi connectivity index (χ3v) is 44.7. The summed E-state index contributed by atoms with van der Waals surface area (Å²) in [5, 5.41) is 0. The van der Waals surface area contributed by atoms with Crippen molar-refractivity contribution in [2.24, 2.45) is 0 Å². The number of benzene rings is 2. The molecule has 2 aliphatic carbocycles. The Morgan fingerprint density at radius 2 is 1.30 bits per heavy atom. The molecule has 4 rings (SSSR count). The van der Waals surface area contributed by atoms with Crippen molar-refractivity contribution in [1.82, 2.24) is 0 Å². The Balaban J connectivity index is 0.00000131. The van der Waals surface area contributed by atoms with Gasteiger partial charge in [0.25, 0.3) is 0 Å². The van der Waals surface area contributed by atoms with Gasteiger partial charge in [-0.1, -0.05) is 0 Å². The fraction of sp³-hybridized carbons (Fsp3) is 0.292. The maximum atomic E-state index is 2.66. The summed E-state index contributed by atoms with van der Waals surface area (Å²) >= 11 is -4.57. The van der Waals surface area contributed by atoms with Gasteiger partial charge in [0.2, 0.25) is 0 Å². The molecule has 0 aliphatic heterocycles. The van der Waals surface area contributed by atoms with Gasteiger partial charge in [-0.3, -0.25) is 0 Å². The van der Waals surface area contributed by atoms with Gasteiger partial charge >= 0.3 is 147 Å². The van der Waals surface area contributed by atoms with Crippen LogP contribution in [0.3, 0.4) is 0 Å². The average molecular weight is 570 g/mol. The van der Waals surface area contributed by atoms with Gasteiger partial charge < -0.3 is 0 Å². The van der Waals surface area contributed by atoms with Crippen molar-refractivity contribution in [3.8, 4) is 11.1 Å². The molecule has 3 heteroatoms. The predicted molar refractivity (Wildman–Crippen MR) is 125 cm³/mol. The smallest absolute Gasteiger partial charge is 0.147 e. The van der Waals surface area contributed by atoms with Gasteiger partial charge in [-0.25, -0.2) is 0 Å². The van der Waals surface area contributed by atoms with E-state index in [1.807, 2.05) is 0 Å². The molecule has 0 saturated heterocycles. The van der Waals surface area contributed by atoms with Crippen LogP contribution in [0.1, 0.15) is 28.1 Å². The van der Waals surface area contributed by atoms with Gasteiger partial charge in [-0.2, -0.15) is 0 Å². The maximum Gasteiger partial charge on any atom is -0.147 e. The van der Waals surface area contributed by atoms with Crippen molar-refractivity contribution in [1.29, 1.82) is 0 Å². The quantitative estimate of drug-likeness (QED) is 0.320. The molecule has 0 nitrogen and oxygen atoms in total. The number of rotatable bonds is 2. The Kier molecular flexibility index (Phi) is 4.71. The van der Waals surface area contributed by atoms with Crippen molar-refractivity contribution in [3.05, 3.63) is 81.2 Å². The summed E-state index contributed by atoms with van der Waals surface area (Å²) in [6.07, 6.45) is 8.11. The van der Waals surface area contributed by atoms with E-state index in [1.54, 1.807) is 3.33 Å². The van der Waals surface area contributed by atoms with Crippen molar-refractivity contribution >= 4 is 28.6 Å². The second kappa shape index (κ2) is 5.65. The topological polar surface area (TPSA) is 0 Å². The first-order valence-electron chi connectivity index (χ1n) is 9.60. The predicted octanol–water partition coefficient (Wildman–Crippen LogP) is 8.22. The molecule has 2 aromatic carbocycles. The molecule has 0 atom stereocenters. The summed E-state index contributed by atoms with van der Waals surface area (Å²) < 4.78 is 15.4. The Morgan fingerprint density at radius 3 is 1.70 bits per heavy atom. The molecule has 146 valence electrons. The fourth-order valence-electron chi connectivity index (χ4n) is 5.68. The summed E-state index contributed by atoms with van der Waals surface area (Å²) in [6.45, 7) is 2.33. The molecule has 2 aromatic rings. The van der Waals surface area contributed by atoms with Gasteiger partial charge in [-0.15, -0.1) is 24.8 Å². The van der Waals surface area contributed by atoms with Crippen LogP contribution in [0.2, 0.25) is 18.7 Å². The molecule has 0 unspecified atom stereocenters. The Labute approximate surface area is 170 Å². The Bertz CT molecular complexity index is 1040. The monoisotopic (exact) mass is 570 g/mol. The van der Waals surface area contributed by atoms with Gasteiger partial charge in [0.1, 0.15) is 0 Å². The van der Waals surface area contributed by atoms with Crippen molar-refractivity contribution in [2.45, 2.75) is 35.7 Å². The van der Waals surface area contributed by atoms with Crippen molar-refractivity contribution in [2.75, 3.05) is 0 Å². The van der Waals surface area contributed by atoms with Crippen LogP contribution in [0.25, 0.3) is 11.1 Å². The second-order valence-electron chi connectivity index (χ2n) is 12.0.